The van der Waals surface area contributed by atoms with Gasteiger partial charge in [-0.05, 0) is 26.7 Å². The van der Waals surface area contributed by atoms with Gasteiger partial charge in [-0.15, -0.1) is 0 Å². The molecule has 98 valence electrons. The molecule has 2 nitrogen and oxygen atoms in total. The molecule has 0 aliphatic heterocycles. The molecule has 0 saturated heterocycles. The third-order valence-electron chi connectivity index (χ3n) is 2.41. The van der Waals surface area contributed by atoms with Gasteiger partial charge in [0.15, 0.2) is 0 Å². The van der Waals surface area contributed by atoms with Gasteiger partial charge in [0.1, 0.15) is 0 Å². The molecule has 0 spiro atoms. The zero-order chi connectivity index (χ0) is 12.4. The minimum Gasteiger partial charge on any atom is -0.390 e. The van der Waals surface area contributed by atoms with Gasteiger partial charge < -0.3 is 10.4 Å². The van der Waals surface area contributed by atoms with Crippen LogP contribution < -0.4 is 5.32 Å². The maximum atomic E-state index is 9.55. The Kier molecular flexibility index (Phi) is 9.47. The van der Waals surface area contributed by atoms with Crippen molar-refractivity contribution in [1.29, 1.82) is 0 Å². The number of aliphatic hydroxyl groups is 1. The molecule has 2 N–H and O–H groups in total. The van der Waals surface area contributed by atoms with Gasteiger partial charge in [-0.1, -0.05) is 26.7 Å². The van der Waals surface area contributed by atoms with Crippen LogP contribution in [0.4, 0.5) is 0 Å². The summed E-state index contributed by atoms with van der Waals surface area (Å²) >= 11 is 1.83. The largest absolute Gasteiger partial charge is 0.390 e. The summed E-state index contributed by atoms with van der Waals surface area (Å²) in [6, 6.07) is 0.692. The maximum absolute atomic E-state index is 9.55. The smallest absolute Gasteiger partial charge is 0.0681 e. The van der Waals surface area contributed by atoms with Gasteiger partial charge in [0.25, 0.3) is 0 Å². The molecule has 0 aromatic heterocycles. The Morgan fingerprint density at radius 2 is 1.75 bits per heavy atom. The number of thioether (sulfide) groups is 1. The van der Waals surface area contributed by atoms with E-state index < -0.39 is 5.60 Å². The average molecular weight is 247 g/mol. The molecule has 0 fully saturated rings. The SMILES string of the molecule is CCCC(CCC)NCCSCC(C)(C)O. The van der Waals surface area contributed by atoms with E-state index in [1.54, 1.807) is 0 Å². The molecule has 0 amide bonds. The van der Waals surface area contributed by atoms with Gasteiger partial charge in [-0.3, -0.25) is 0 Å². The number of rotatable bonds is 10. The lowest BCUT2D eigenvalue weighted by Crippen LogP contribution is -2.31. The normalized spacial score (nSPS) is 12.4. The lowest BCUT2D eigenvalue weighted by molar-refractivity contribution is 0.107. The predicted molar refractivity (Wildman–Crippen MR) is 75.2 cm³/mol. The maximum Gasteiger partial charge on any atom is 0.0681 e. The Labute approximate surface area is 106 Å². The quantitative estimate of drug-likeness (QED) is 0.582. The molecule has 0 aliphatic rings. The van der Waals surface area contributed by atoms with Crippen molar-refractivity contribution in [3.8, 4) is 0 Å². The molecule has 0 aromatic rings. The summed E-state index contributed by atoms with van der Waals surface area (Å²) in [6.07, 6.45) is 5.08. The van der Waals surface area contributed by atoms with Crippen molar-refractivity contribution in [2.24, 2.45) is 0 Å². The van der Waals surface area contributed by atoms with Crippen LogP contribution in [0.1, 0.15) is 53.4 Å². The highest BCUT2D eigenvalue weighted by molar-refractivity contribution is 7.99. The zero-order valence-corrected chi connectivity index (χ0v) is 12.2. The highest BCUT2D eigenvalue weighted by Crippen LogP contribution is 2.11. The van der Waals surface area contributed by atoms with Crippen LogP contribution in [0.15, 0.2) is 0 Å². The van der Waals surface area contributed by atoms with Gasteiger partial charge >= 0.3 is 0 Å². The molecule has 0 atom stereocenters. The minimum atomic E-state index is -0.531. The zero-order valence-electron chi connectivity index (χ0n) is 11.4. The Hall–Kier alpha value is 0.270. The molecular formula is C13H29NOS. The first-order valence-electron chi connectivity index (χ1n) is 6.53. The molecule has 0 saturated carbocycles. The van der Waals surface area contributed by atoms with E-state index in [-0.39, 0.29) is 0 Å². The van der Waals surface area contributed by atoms with Crippen LogP contribution in [0.25, 0.3) is 0 Å². The minimum absolute atomic E-state index is 0.531. The van der Waals surface area contributed by atoms with E-state index in [0.29, 0.717) is 6.04 Å². The summed E-state index contributed by atoms with van der Waals surface area (Å²) in [6.45, 7) is 9.28. The average Bonchev–Trinajstić information content (AvgIpc) is 2.16. The Balaban J connectivity index is 3.46. The molecule has 0 unspecified atom stereocenters. The Bertz CT molecular complexity index is 151. The Morgan fingerprint density at radius 3 is 2.19 bits per heavy atom. The van der Waals surface area contributed by atoms with Gasteiger partial charge in [-0.2, -0.15) is 11.8 Å². The van der Waals surface area contributed by atoms with Gasteiger partial charge in [-0.25, -0.2) is 0 Å². The van der Waals surface area contributed by atoms with Gasteiger partial charge in [0.2, 0.25) is 0 Å². The van der Waals surface area contributed by atoms with E-state index in [2.05, 4.69) is 19.2 Å². The van der Waals surface area contributed by atoms with E-state index in [4.69, 9.17) is 0 Å². The summed E-state index contributed by atoms with van der Waals surface area (Å²) in [5, 5.41) is 13.2. The summed E-state index contributed by atoms with van der Waals surface area (Å²) in [5.41, 5.74) is -0.531. The predicted octanol–water partition coefficient (Wildman–Crippen LogP) is 3.05. The van der Waals surface area contributed by atoms with Crippen molar-refractivity contribution < 1.29 is 5.11 Å². The summed E-state index contributed by atoms with van der Waals surface area (Å²) in [7, 11) is 0. The van der Waals surface area contributed by atoms with Crippen molar-refractivity contribution in [3.63, 3.8) is 0 Å². The van der Waals surface area contributed by atoms with Crippen LogP contribution in [0.3, 0.4) is 0 Å². The monoisotopic (exact) mass is 247 g/mol. The van der Waals surface area contributed by atoms with Crippen LogP contribution in [-0.4, -0.2) is 34.8 Å². The van der Waals surface area contributed by atoms with Crippen molar-refractivity contribution >= 4 is 11.8 Å². The molecule has 3 heteroatoms. The number of nitrogens with one attached hydrogen (secondary N) is 1. The van der Waals surface area contributed by atoms with Crippen LogP contribution in [0, 0.1) is 0 Å². The van der Waals surface area contributed by atoms with E-state index in [0.717, 1.165) is 18.1 Å². The van der Waals surface area contributed by atoms with Crippen LogP contribution in [0.2, 0.25) is 0 Å². The lowest BCUT2D eigenvalue weighted by atomic mass is 10.1. The van der Waals surface area contributed by atoms with E-state index in [9.17, 15) is 5.11 Å². The standard InChI is InChI=1S/C13H29NOS/c1-5-7-12(8-6-2)14-9-10-16-11-13(3,4)15/h12,14-15H,5-11H2,1-4H3. The molecule has 16 heavy (non-hydrogen) atoms. The second kappa shape index (κ2) is 9.32. The van der Waals surface area contributed by atoms with E-state index in [1.165, 1.54) is 25.7 Å². The summed E-state index contributed by atoms with van der Waals surface area (Å²) < 4.78 is 0. The molecule has 0 aliphatic carbocycles. The first-order chi connectivity index (χ1) is 7.49. The summed E-state index contributed by atoms with van der Waals surface area (Å²) in [4.78, 5) is 0. The van der Waals surface area contributed by atoms with Crippen LogP contribution in [-0.2, 0) is 0 Å². The van der Waals surface area contributed by atoms with Crippen LogP contribution in [0.5, 0.6) is 0 Å². The molecule has 0 radical (unpaired) electrons. The molecule has 0 aromatic carbocycles. The second-order valence-electron chi connectivity index (χ2n) is 5.09. The number of hydrogen-bond donors (Lipinski definition) is 2. The van der Waals surface area contributed by atoms with Crippen molar-refractivity contribution in [3.05, 3.63) is 0 Å². The van der Waals surface area contributed by atoms with Crippen molar-refractivity contribution in [2.75, 3.05) is 18.1 Å². The first-order valence-corrected chi connectivity index (χ1v) is 7.68. The van der Waals surface area contributed by atoms with Gasteiger partial charge in [0.05, 0.1) is 5.60 Å². The molecule has 0 heterocycles. The van der Waals surface area contributed by atoms with Crippen molar-refractivity contribution in [1.82, 2.24) is 5.32 Å². The second-order valence-corrected chi connectivity index (χ2v) is 6.20. The molecular weight excluding hydrogens is 218 g/mol. The lowest BCUT2D eigenvalue weighted by Gasteiger charge is -2.19. The van der Waals surface area contributed by atoms with Crippen molar-refractivity contribution in [2.45, 2.75) is 65.0 Å². The number of hydrogen-bond acceptors (Lipinski definition) is 3. The third-order valence-corrected chi connectivity index (χ3v) is 3.81. The third kappa shape index (κ3) is 10.8. The fraction of sp³-hybridized carbons (Fsp3) is 1.00. The fourth-order valence-corrected chi connectivity index (χ4v) is 2.61. The Morgan fingerprint density at radius 1 is 1.19 bits per heavy atom. The van der Waals surface area contributed by atoms with Crippen LogP contribution >= 0.6 is 11.8 Å². The molecule has 0 rings (SSSR count). The van der Waals surface area contributed by atoms with Gasteiger partial charge in [0, 0.05) is 24.1 Å². The summed E-state index contributed by atoms with van der Waals surface area (Å²) in [5.74, 6) is 1.91. The fourth-order valence-electron chi connectivity index (χ4n) is 1.70. The topological polar surface area (TPSA) is 32.3 Å². The molecule has 0 bridgehead atoms. The first kappa shape index (κ1) is 16.3. The highest BCUT2D eigenvalue weighted by Gasteiger charge is 2.11. The highest BCUT2D eigenvalue weighted by atomic mass is 32.2. The van der Waals surface area contributed by atoms with E-state index >= 15 is 0 Å². The van der Waals surface area contributed by atoms with E-state index in [1.807, 2.05) is 25.6 Å².